The van der Waals surface area contributed by atoms with Crippen LogP contribution in [0.1, 0.15) is 43.0 Å². The van der Waals surface area contributed by atoms with Gasteiger partial charge in [0.2, 0.25) is 0 Å². The fourth-order valence-corrected chi connectivity index (χ4v) is 4.88. The van der Waals surface area contributed by atoms with Gasteiger partial charge in [0.1, 0.15) is 5.03 Å². The molecule has 0 saturated heterocycles. The van der Waals surface area contributed by atoms with Crippen LogP contribution >= 0.6 is 11.8 Å². The second-order valence-electron chi connectivity index (χ2n) is 6.86. The molecule has 1 amide bonds. The van der Waals surface area contributed by atoms with Crippen LogP contribution in [-0.2, 0) is 0 Å². The molecule has 24 heavy (non-hydrogen) atoms. The molecule has 0 spiro atoms. The van der Waals surface area contributed by atoms with Gasteiger partial charge in [0.05, 0.1) is 11.3 Å². The monoisotopic (exact) mass is 358 g/mol. The lowest BCUT2D eigenvalue weighted by atomic mass is 9.84. The van der Waals surface area contributed by atoms with E-state index in [2.05, 4.69) is 10.3 Å². The Hall–Kier alpha value is -1.24. The van der Waals surface area contributed by atoms with Crippen LogP contribution in [0.5, 0.6) is 0 Å². The average Bonchev–Trinajstić information content (AvgIpc) is 3.15. The minimum Gasteiger partial charge on any atom is -0.349 e. The summed E-state index contributed by atoms with van der Waals surface area (Å²) in [5, 5.41) is 3.12. The molecule has 2 bridgehead atoms. The number of halogens is 3. The number of nitrogens with one attached hydrogen (secondary N) is 1. The smallest absolute Gasteiger partial charge is 0.349 e. The van der Waals surface area contributed by atoms with Crippen molar-refractivity contribution >= 4 is 17.7 Å². The van der Waals surface area contributed by atoms with Gasteiger partial charge in [-0.05, 0) is 56.1 Å². The Morgan fingerprint density at radius 1 is 1.42 bits per heavy atom. The van der Waals surface area contributed by atoms with Crippen LogP contribution in [-0.4, -0.2) is 28.9 Å². The maximum Gasteiger partial charge on any atom is 0.398 e. The molecule has 2 aliphatic carbocycles. The highest BCUT2D eigenvalue weighted by Gasteiger charge is 2.42. The Morgan fingerprint density at radius 2 is 2.21 bits per heavy atom. The molecule has 3 nitrogen and oxygen atoms in total. The Bertz CT molecular complexity index is 608. The fraction of sp³-hybridized carbons (Fsp3) is 0.647. The van der Waals surface area contributed by atoms with Gasteiger partial charge in [0, 0.05) is 12.2 Å². The number of pyridine rings is 1. The highest BCUT2D eigenvalue weighted by Crippen LogP contribution is 2.49. The van der Waals surface area contributed by atoms with Gasteiger partial charge in [-0.2, -0.15) is 13.2 Å². The minimum absolute atomic E-state index is 0.0356. The number of amides is 1. The zero-order valence-electron chi connectivity index (χ0n) is 13.5. The number of carbonyl (C=O) groups excluding carboxylic acids is 1. The SMILES string of the molecule is CC(NC(=O)c1cccnc1SCC(F)(F)F)C1CC2CCC1C2. The lowest BCUT2D eigenvalue weighted by molar-refractivity contribution is -0.105. The van der Waals surface area contributed by atoms with Crippen molar-refractivity contribution in [2.45, 2.75) is 49.9 Å². The zero-order chi connectivity index (χ0) is 17.3. The van der Waals surface area contributed by atoms with Gasteiger partial charge in [-0.1, -0.05) is 18.2 Å². The number of alkyl halides is 3. The van der Waals surface area contributed by atoms with Gasteiger partial charge in [0.25, 0.3) is 5.91 Å². The Labute approximate surface area is 143 Å². The quantitative estimate of drug-likeness (QED) is 0.799. The lowest BCUT2D eigenvalue weighted by Gasteiger charge is -2.28. The molecule has 0 aromatic carbocycles. The predicted molar refractivity (Wildman–Crippen MR) is 86.9 cm³/mol. The van der Waals surface area contributed by atoms with E-state index in [4.69, 9.17) is 0 Å². The van der Waals surface area contributed by atoms with Crippen molar-refractivity contribution in [2.24, 2.45) is 17.8 Å². The minimum atomic E-state index is -4.29. The van der Waals surface area contributed by atoms with E-state index in [1.807, 2.05) is 6.92 Å². The molecule has 3 rings (SSSR count). The van der Waals surface area contributed by atoms with E-state index < -0.39 is 11.9 Å². The van der Waals surface area contributed by atoms with E-state index in [-0.39, 0.29) is 22.5 Å². The zero-order valence-corrected chi connectivity index (χ0v) is 14.3. The van der Waals surface area contributed by atoms with Gasteiger partial charge in [0.15, 0.2) is 0 Å². The molecule has 132 valence electrons. The van der Waals surface area contributed by atoms with Crippen molar-refractivity contribution in [3.8, 4) is 0 Å². The van der Waals surface area contributed by atoms with Crippen molar-refractivity contribution in [1.82, 2.24) is 10.3 Å². The highest BCUT2D eigenvalue weighted by molar-refractivity contribution is 7.99. The molecular weight excluding hydrogens is 337 g/mol. The molecule has 1 N–H and O–H groups in total. The van der Waals surface area contributed by atoms with E-state index in [9.17, 15) is 18.0 Å². The molecule has 2 aliphatic rings. The first-order chi connectivity index (χ1) is 11.3. The Kier molecular flexibility index (Phi) is 5.08. The Balaban J connectivity index is 1.64. The number of fused-ring (bicyclic) bond motifs is 2. The molecule has 0 aliphatic heterocycles. The normalized spacial score (nSPS) is 27.2. The molecule has 1 heterocycles. The summed E-state index contributed by atoms with van der Waals surface area (Å²) >= 11 is 0.557. The summed E-state index contributed by atoms with van der Waals surface area (Å²) in [6.45, 7) is 2.00. The second kappa shape index (κ2) is 6.94. The average molecular weight is 358 g/mol. The summed E-state index contributed by atoms with van der Waals surface area (Å²) in [6.07, 6.45) is 2.05. The number of aromatic nitrogens is 1. The molecule has 7 heteroatoms. The maximum absolute atomic E-state index is 12.5. The highest BCUT2D eigenvalue weighted by atomic mass is 32.2. The molecule has 2 fully saturated rings. The number of thioether (sulfide) groups is 1. The van der Waals surface area contributed by atoms with E-state index in [0.717, 1.165) is 12.3 Å². The predicted octanol–water partition coefficient (Wildman–Crippen LogP) is 4.29. The summed E-state index contributed by atoms with van der Waals surface area (Å²) in [6, 6.07) is 3.15. The van der Waals surface area contributed by atoms with E-state index in [1.54, 1.807) is 6.07 Å². The first kappa shape index (κ1) is 17.6. The van der Waals surface area contributed by atoms with E-state index in [1.165, 1.54) is 31.5 Å². The maximum atomic E-state index is 12.5. The summed E-state index contributed by atoms with van der Waals surface area (Å²) in [5.74, 6) is 0.569. The first-order valence-corrected chi connectivity index (χ1v) is 9.27. The summed E-state index contributed by atoms with van der Waals surface area (Å²) in [5.41, 5.74) is 0.224. The number of carbonyl (C=O) groups is 1. The number of rotatable bonds is 5. The van der Waals surface area contributed by atoms with Crippen molar-refractivity contribution in [3.63, 3.8) is 0 Å². The van der Waals surface area contributed by atoms with Crippen LogP contribution < -0.4 is 5.32 Å². The number of nitrogens with zero attached hydrogens (tertiary/aromatic N) is 1. The van der Waals surface area contributed by atoms with Crippen LogP contribution in [0.4, 0.5) is 13.2 Å². The first-order valence-electron chi connectivity index (χ1n) is 8.29. The van der Waals surface area contributed by atoms with Crippen LogP contribution in [0.2, 0.25) is 0 Å². The number of hydrogen-bond acceptors (Lipinski definition) is 3. The Morgan fingerprint density at radius 3 is 2.83 bits per heavy atom. The molecule has 0 radical (unpaired) electrons. The van der Waals surface area contributed by atoms with Gasteiger partial charge < -0.3 is 5.32 Å². The molecule has 2 saturated carbocycles. The van der Waals surface area contributed by atoms with E-state index >= 15 is 0 Å². The number of hydrogen-bond donors (Lipinski definition) is 1. The van der Waals surface area contributed by atoms with E-state index in [0.29, 0.717) is 23.6 Å². The molecule has 1 aromatic rings. The molecule has 1 aromatic heterocycles. The molecule has 4 atom stereocenters. The van der Waals surface area contributed by atoms with Crippen molar-refractivity contribution in [2.75, 3.05) is 5.75 Å². The summed E-state index contributed by atoms with van der Waals surface area (Å²) < 4.78 is 37.3. The molecule has 4 unspecified atom stereocenters. The third-order valence-electron chi connectivity index (χ3n) is 5.18. The molecular formula is C17H21F3N2OS. The lowest BCUT2D eigenvalue weighted by Crippen LogP contribution is -2.40. The topological polar surface area (TPSA) is 42.0 Å². The fourth-order valence-electron chi connectivity index (χ4n) is 4.13. The largest absolute Gasteiger partial charge is 0.398 e. The van der Waals surface area contributed by atoms with Crippen molar-refractivity contribution in [3.05, 3.63) is 23.9 Å². The summed E-state index contributed by atoms with van der Waals surface area (Å²) in [7, 11) is 0. The standard InChI is InChI=1S/C17H21F3N2OS/c1-10(14-8-11-4-5-12(14)7-11)22-15(23)13-3-2-6-21-16(13)24-9-17(18,19)20/h2-3,6,10-12,14H,4-5,7-9H2,1H3,(H,22,23). The second-order valence-corrected chi connectivity index (χ2v) is 7.82. The van der Waals surface area contributed by atoms with Crippen molar-refractivity contribution in [1.29, 1.82) is 0 Å². The van der Waals surface area contributed by atoms with Crippen LogP contribution in [0.15, 0.2) is 23.4 Å². The van der Waals surface area contributed by atoms with Crippen LogP contribution in [0, 0.1) is 17.8 Å². The third kappa shape index (κ3) is 4.05. The van der Waals surface area contributed by atoms with Gasteiger partial charge in [-0.3, -0.25) is 4.79 Å². The third-order valence-corrected chi connectivity index (χ3v) is 6.25. The van der Waals surface area contributed by atoms with Crippen molar-refractivity contribution < 1.29 is 18.0 Å². The van der Waals surface area contributed by atoms with Crippen LogP contribution in [0.3, 0.4) is 0 Å². The summed E-state index contributed by atoms with van der Waals surface area (Å²) in [4.78, 5) is 16.5. The van der Waals surface area contributed by atoms with Gasteiger partial charge in [-0.15, -0.1) is 0 Å². The van der Waals surface area contributed by atoms with Crippen LogP contribution in [0.25, 0.3) is 0 Å². The van der Waals surface area contributed by atoms with Gasteiger partial charge in [-0.25, -0.2) is 4.98 Å². The van der Waals surface area contributed by atoms with Gasteiger partial charge >= 0.3 is 6.18 Å².